The SMILES string of the molecule is CC(C)=CCNC(=O)C(C)CCl. The zero-order valence-corrected chi connectivity index (χ0v) is 8.61. The molecule has 70 valence electrons. The first-order valence-corrected chi connectivity index (χ1v) is 4.58. The van der Waals surface area contributed by atoms with Crippen molar-refractivity contribution < 1.29 is 4.79 Å². The summed E-state index contributed by atoms with van der Waals surface area (Å²) in [4.78, 5) is 11.1. The molecule has 0 fully saturated rings. The van der Waals surface area contributed by atoms with Gasteiger partial charge in [-0.3, -0.25) is 4.79 Å². The zero-order chi connectivity index (χ0) is 9.56. The summed E-state index contributed by atoms with van der Waals surface area (Å²) >= 11 is 5.51. The van der Waals surface area contributed by atoms with Gasteiger partial charge in [-0.1, -0.05) is 18.6 Å². The van der Waals surface area contributed by atoms with E-state index >= 15 is 0 Å². The Kier molecular flexibility index (Phi) is 5.81. The fourth-order valence-corrected chi connectivity index (χ4v) is 0.740. The Morgan fingerprint density at radius 3 is 2.58 bits per heavy atom. The van der Waals surface area contributed by atoms with Crippen molar-refractivity contribution in [1.82, 2.24) is 5.32 Å². The number of carbonyl (C=O) groups excluding carboxylic acids is 1. The summed E-state index contributed by atoms with van der Waals surface area (Å²) in [6.07, 6.45) is 1.97. The number of allylic oxidation sites excluding steroid dienone is 1. The number of amides is 1. The summed E-state index contributed by atoms with van der Waals surface area (Å²) in [5.41, 5.74) is 1.20. The van der Waals surface area contributed by atoms with E-state index in [4.69, 9.17) is 11.6 Å². The van der Waals surface area contributed by atoms with Gasteiger partial charge in [0.15, 0.2) is 0 Å². The molecule has 1 amide bonds. The molecule has 1 N–H and O–H groups in total. The second kappa shape index (κ2) is 6.06. The second-order valence-electron chi connectivity index (χ2n) is 3.08. The molecule has 0 aliphatic carbocycles. The van der Waals surface area contributed by atoms with E-state index in [1.54, 1.807) is 0 Å². The Morgan fingerprint density at radius 2 is 2.17 bits per heavy atom. The zero-order valence-electron chi connectivity index (χ0n) is 7.86. The van der Waals surface area contributed by atoms with Crippen LogP contribution in [0, 0.1) is 5.92 Å². The number of hydrogen-bond donors (Lipinski definition) is 1. The van der Waals surface area contributed by atoms with Gasteiger partial charge in [-0.05, 0) is 13.8 Å². The van der Waals surface area contributed by atoms with E-state index in [9.17, 15) is 4.79 Å². The van der Waals surface area contributed by atoms with Gasteiger partial charge >= 0.3 is 0 Å². The molecule has 12 heavy (non-hydrogen) atoms. The van der Waals surface area contributed by atoms with Crippen LogP contribution in [0.1, 0.15) is 20.8 Å². The highest BCUT2D eigenvalue weighted by Gasteiger charge is 2.08. The van der Waals surface area contributed by atoms with Crippen LogP contribution in [0.4, 0.5) is 0 Å². The van der Waals surface area contributed by atoms with Crippen molar-refractivity contribution in [3.63, 3.8) is 0 Å². The lowest BCUT2D eigenvalue weighted by molar-refractivity contribution is -0.123. The van der Waals surface area contributed by atoms with Crippen LogP contribution in [0.2, 0.25) is 0 Å². The van der Waals surface area contributed by atoms with E-state index in [-0.39, 0.29) is 11.8 Å². The van der Waals surface area contributed by atoms with Gasteiger partial charge in [0, 0.05) is 18.3 Å². The quantitative estimate of drug-likeness (QED) is 0.532. The van der Waals surface area contributed by atoms with Crippen LogP contribution in [-0.4, -0.2) is 18.3 Å². The molecular formula is C9H16ClNO. The summed E-state index contributed by atoms with van der Waals surface area (Å²) < 4.78 is 0. The largest absolute Gasteiger partial charge is 0.352 e. The molecule has 0 aliphatic heterocycles. The monoisotopic (exact) mass is 189 g/mol. The van der Waals surface area contributed by atoms with Crippen LogP contribution in [0.15, 0.2) is 11.6 Å². The summed E-state index contributed by atoms with van der Waals surface area (Å²) in [5, 5.41) is 2.76. The van der Waals surface area contributed by atoms with Crippen LogP contribution >= 0.6 is 11.6 Å². The van der Waals surface area contributed by atoms with E-state index in [2.05, 4.69) is 5.32 Å². The summed E-state index contributed by atoms with van der Waals surface area (Å²) in [7, 11) is 0. The lowest BCUT2D eigenvalue weighted by Crippen LogP contribution is -2.30. The molecule has 0 rings (SSSR count). The minimum absolute atomic E-state index is 0.0162. The third kappa shape index (κ3) is 5.19. The lowest BCUT2D eigenvalue weighted by Gasteiger charge is -2.06. The number of rotatable bonds is 4. The molecule has 0 bridgehead atoms. The van der Waals surface area contributed by atoms with Gasteiger partial charge < -0.3 is 5.32 Å². The van der Waals surface area contributed by atoms with Gasteiger partial charge in [0.2, 0.25) is 5.91 Å². The Bertz CT molecular complexity index is 173. The maximum atomic E-state index is 11.1. The van der Waals surface area contributed by atoms with Gasteiger partial charge in [-0.25, -0.2) is 0 Å². The molecule has 1 atom stereocenters. The maximum absolute atomic E-state index is 11.1. The molecule has 0 saturated carbocycles. The highest BCUT2D eigenvalue weighted by atomic mass is 35.5. The van der Waals surface area contributed by atoms with Crippen molar-refractivity contribution >= 4 is 17.5 Å². The smallest absolute Gasteiger partial charge is 0.224 e. The third-order valence-corrected chi connectivity index (χ3v) is 1.93. The highest BCUT2D eigenvalue weighted by molar-refractivity contribution is 6.19. The highest BCUT2D eigenvalue weighted by Crippen LogP contribution is 1.97. The molecule has 0 spiro atoms. The number of alkyl halides is 1. The van der Waals surface area contributed by atoms with Crippen LogP contribution in [0.25, 0.3) is 0 Å². The minimum Gasteiger partial charge on any atom is -0.352 e. The fraction of sp³-hybridized carbons (Fsp3) is 0.667. The molecule has 2 nitrogen and oxygen atoms in total. The van der Waals surface area contributed by atoms with E-state index < -0.39 is 0 Å². The Labute approximate surface area is 79.0 Å². The predicted octanol–water partition coefficient (Wildman–Crippen LogP) is 1.94. The van der Waals surface area contributed by atoms with Crippen LogP contribution in [0.5, 0.6) is 0 Å². The second-order valence-corrected chi connectivity index (χ2v) is 3.39. The van der Waals surface area contributed by atoms with Crippen molar-refractivity contribution in [3.05, 3.63) is 11.6 Å². The topological polar surface area (TPSA) is 29.1 Å². The van der Waals surface area contributed by atoms with Gasteiger partial charge in [0.25, 0.3) is 0 Å². The first kappa shape index (κ1) is 11.5. The van der Waals surface area contributed by atoms with E-state index in [0.717, 1.165) is 0 Å². The first-order valence-electron chi connectivity index (χ1n) is 4.05. The Morgan fingerprint density at radius 1 is 1.58 bits per heavy atom. The average molecular weight is 190 g/mol. The number of hydrogen-bond acceptors (Lipinski definition) is 1. The Hall–Kier alpha value is -0.500. The number of halogens is 1. The molecule has 1 unspecified atom stereocenters. The van der Waals surface area contributed by atoms with Crippen molar-refractivity contribution in [1.29, 1.82) is 0 Å². The van der Waals surface area contributed by atoms with E-state index in [1.807, 2.05) is 26.8 Å². The van der Waals surface area contributed by atoms with Gasteiger partial charge in [-0.2, -0.15) is 0 Å². The molecule has 0 aliphatic rings. The summed E-state index contributed by atoms with van der Waals surface area (Å²) in [5.74, 6) is 0.292. The van der Waals surface area contributed by atoms with Crippen molar-refractivity contribution in [3.8, 4) is 0 Å². The van der Waals surface area contributed by atoms with Gasteiger partial charge in [0.05, 0.1) is 0 Å². The lowest BCUT2D eigenvalue weighted by atomic mass is 10.2. The van der Waals surface area contributed by atoms with Crippen molar-refractivity contribution in [2.45, 2.75) is 20.8 Å². The average Bonchev–Trinajstić information content (AvgIpc) is 2.02. The van der Waals surface area contributed by atoms with Crippen LogP contribution in [-0.2, 0) is 4.79 Å². The number of carbonyl (C=O) groups is 1. The van der Waals surface area contributed by atoms with Crippen molar-refractivity contribution in [2.75, 3.05) is 12.4 Å². The normalized spacial score (nSPS) is 12.0. The maximum Gasteiger partial charge on any atom is 0.224 e. The fourth-order valence-electron chi connectivity index (χ4n) is 0.600. The molecule has 0 heterocycles. The summed E-state index contributed by atoms with van der Waals surface area (Å²) in [6, 6.07) is 0. The van der Waals surface area contributed by atoms with Crippen LogP contribution in [0.3, 0.4) is 0 Å². The number of nitrogens with one attached hydrogen (secondary N) is 1. The van der Waals surface area contributed by atoms with Crippen molar-refractivity contribution in [2.24, 2.45) is 5.92 Å². The molecule has 0 aromatic carbocycles. The molecule has 0 aromatic rings. The Balaban J connectivity index is 3.65. The van der Waals surface area contributed by atoms with E-state index in [1.165, 1.54) is 5.57 Å². The van der Waals surface area contributed by atoms with Crippen LogP contribution < -0.4 is 5.32 Å². The standard InChI is InChI=1S/C9H16ClNO/c1-7(2)4-5-11-9(12)8(3)6-10/h4,8H,5-6H2,1-3H3,(H,11,12). The molecule has 3 heteroatoms. The molecular weight excluding hydrogens is 174 g/mol. The van der Waals surface area contributed by atoms with Gasteiger partial charge in [-0.15, -0.1) is 11.6 Å². The molecule has 0 radical (unpaired) electrons. The molecule has 0 saturated heterocycles. The van der Waals surface area contributed by atoms with E-state index in [0.29, 0.717) is 12.4 Å². The summed E-state index contributed by atoms with van der Waals surface area (Å²) in [6.45, 7) is 6.40. The predicted molar refractivity (Wildman–Crippen MR) is 52.3 cm³/mol. The van der Waals surface area contributed by atoms with Gasteiger partial charge in [0.1, 0.15) is 0 Å². The molecule has 0 aromatic heterocycles. The first-order chi connectivity index (χ1) is 5.57. The third-order valence-electron chi connectivity index (χ3n) is 1.47. The minimum atomic E-state index is -0.0998.